The monoisotopic (exact) mass is 584 g/mol. The van der Waals surface area contributed by atoms with E-state index in [1.54, 1.807) is 30.3 Å². The molecule has 1 aliphatic rings. The highest BCUT2D eigenvalue weighted by atomic mass is 19.3. The van der Waals surface area contributed by atoms with Crippen molar-refractivity contribution in [3.63, 3.8) is 0 Å². The molecule has 41 heavy (non-hydrogen) atoms. The summed E-state index contributed by atoms with van der Waals surface area (Å²) in [5.41, 5.74) is -0.980. The summed E-state index contributed by atoms with van der Waals surface area (Å²) in [5, 5.41) is 5.70. The first-order valence-corrected chi connectivity index (χ1v) is 12.8. The molecule has 1 fully saturated rings. The normalized spacial score (nSPS) is 15.5. The molecule has 3 aromatic carbocycles. The number of carbonyl (C=O) groups excluding carboxylic acids is 1. The zero-order chi connectivity index (χ0) is 29.6. The number of hydrogen-bond acceptors (Lipinski definition) is 3. The minimum atomic E-state index is -4.92. The lowest BCUT2D eigenvalue weighted by molar-refractivity contribution is -0.253. The Labute approximate surface area is 231 Å². The predicted octanol–water partition coefficient (Wildman–Crippen LogP) is 7.39. The molecule has 0 heterocycles. The van der Waals surface area contributed by atoms with Gasteiger partial charge in [0.15, 0.2) is 0 Å². The fourth-order valence-corrected chi connectivity index (χ4v) is 4.94. The third-order valence-corrected chi connectivity index (χ3v) is 6.77. The van der Waals surface area contributed by atoms with Gasteiger partial charge in [0.25, 0.3) is 0 Å². The first kappa shape index (κ1) is 30.0. The van der Waals surface area contributed by atoms with Crippen molar-refractivity contribution in [3.8, 4) is 11.5 Å². The molecule has 0 aromatic heterocycles. The van der Waals surface area contributed by atoms with Crippen LogP contribution in [0.15, 0.2) is 72.8 Å². The molecule has 12 heteroatoms. The maximum Gasteiger partial charge on any atom is 0.461 e. The van der Waals surface area contributed by atoms with Crippen molar-refractivity contribution in [3.05, 3.63) is 95.3 Å². The van der Waals surface area contributed by atoms with E-state index in [-0.39, 0.29) is 29.3 Å². The summed E-state index contributed by atoms with van der Waals surface area (Å²) in [7, 11) is 0. The largest absolute Gasteiger partial charge is 0.461 e. The van der Waals surface area contributed by atoms with Crippen LogP contribution in [0.2, 0.25) is 0 Å². The van der Waals surface area contributed by atoms with Gasteiger partial charge in [-0.3, -0.25) is 0 Å². The molecule has 1 aliphatic carbocycles. The fourth-order valence-electron chi connectivity index (χ4n) is 4.94. The Bertz CT molecular complexity index is 1300. The van der Waals surface area contributed by atoms with Gasteiger partial charge in [0.1, 0.15) is 17.3 Å². The molecule has 0 radical (unpaired) electrons. The molecule has 2 amide bonds. The standard InChI is InChI=1S/C29H27F7N2O3/c30-21-14-20(15-24(16-21)41-29(35,36)25(31)32)28(17-18-6-2-1-3-7-18,38-27(39)37-22-8-4-5-9-22)19-10-12-23(13-11-19)40-26(33)34/h1-3,6-7,10-16,22,25-26H,4-5,8-9,17H2,(H2,37,38,39)/t28-/m1/s1. The molecule has 5 nitrogen and oxygen atoms in total. The Morgan fingerprint density at radius 2 is 1.54 bits per heavy atom. The molecule has 0 aliphatic heterocycles. The number of benzene rings is 3. The van der Waals surface area contributed by atoms with E-state index in [0.717, 1.165) is 37.8 Å². The van der Waals surface area contributed by atoms with Gasteiger partial charge in [-0.15, -0.1) is 0 Å². The van der Waals surface area contributed by atoms with Crippen molar-refractivity contribution in [1.82, 2.24) is 10.6 Å². The molecule has 1 atom stereocenters. The van der Waals surface area contributed by atoms with Crippen molar-refractivity contribution in [2.75, 3.05) is 0 Å². The van der Waals surface area contributed by atoms with Crippen LogP contribution in [0.25, 0.3) is 0 Å². The summed E-state index contributed by atoms with van der Waals surface area (Å²) in [6.07, 6.45) is -5.90. The predicted molar refractivity (Wildman–Crippen MR) is 136 cm³/mol. The molecule has 0 unspecified atom stereocenters. The number of alkyl halides is 6. The van der Waals surface area contributed by atoms with E-state index >= 15 is 0 Å². The summed E-state index contributed by atoms with van der Waals surface area (Å²) in [6, 6.07) is 15.3. The first-order chi connectivity index (χ1) is 19.5. The number of hydrogen-bond donors (Lipinski definition) is 2. The van der Waals surface area contributed by atoms with E-state index < -0.39 is 42.3 Å². The Morgan fingerprint density at radius 3 is 2.15 bits per heavy atom. The summed E-state index contributed by atoms with van der Waals surface area (Å²) < 4.78 is 102. The van der Waals surface area contributed by atoms with Crippen LogP contribution in [0.5, 0.6) is 11.5 Å². The van der Waals surface area contributed by atoms with Gasteiger partial charge >= 0.3 is 25.2 Å². The molecule has 4 rings (SSSR count). The molecule has 0 saturated heterocycles. The van der Waals surface area contributed by atoms with E-state index in [1.807, 2.05) is 0 Å². The van der Waals surface area contributed by atoms with E-state index in [4.69, 9.17) is 0 Å². The quantitative estimate of drug-likeness (QED) is 0.231. The maximum absolute atomic E-state index is 14.9. The second-order valence-electron chi connectivity index (χ2n) is 9.69. The van der Waals surface area contributed by atoms with Gasteiger partial charge in [-0.1, -0.05) is 55.3 Å². The topological polar surface area (TPSA) is 59.6 Å². The summed E-state index contributed by atoms with van der Waals surface area (Å²) in [4.78, 5) is 13.4. The van der Waals surface area contributed by atoms with Crippen LogP contribution in [0.3, 0.4) is 0 Å². The highest BCUT2D eigenvalue weighted by molar-refractivity contribution is 5.76. The van der Waals surface area contributed by atoms with Crippen molar-refractivity contribution in [1.29, 1.82) is 0 Å². The van der Waals surface area contributed by atoms with Gasteiger partial charge in [0.2, 0.25) is 0 Å². The van der Waals surface area contributed by atoms with E-state index in [1.165, 1.54) is 24.3 Å². The SMILES string of the molecule is O=C(NC1CCCC1)N[C@](Cc1ccccc1)(c1ccc(OC(F)F)cc1)c1cc(F)cc(OC(F)(F)C(F)F)c1. The number of halogens is 7. The summed E-state index contributed by atoms with van der Waals surface area (Å²) in [5.74, 6) is -2.21. The van der Waals surface area contributed by atoms with E-state index in [0.29, 0.717) is 11.6 Å². The minimum Gasteiger partial charge on any atom is -0.435 e. The van der Waals surface area contributed by atoms with E-state index in [2.05, 4.69) is 20.1 Å². The lowest BCUT2D eigenvalue weighted by Gasteiger charge is -2.37. The average molecular weight is 585 g/mol. The van der Waals surface area contributed by atoms with Gasteiger partial charge in [0.05, 0.1) is 5.54 Å². The second kappa shape index (κ2) is 12.7. The van der Waals surface area contributed by atoms with Crippen LogP contribution in [-0.2, 0) is 12.0 Å². The first-order valence-electron chi connectivity index (χ1n) is 12.8. The molecule has 2 N–H and O–H groups in total. The Balaban J connectivity index is 1.86. The average Bonchev–Trinajstić information content (AvgIpc) is 3.41. The van der Waals surface area contributed by atoms with Crippen LogP contribution >= 0.6 is 0 Å². The number of amides is 2. The second-order valence-corrected chi connectivity index (χ2v) is 9.69. The smallest absolute Gasteiger partial charge is 0.435 e. The third-order valence-electron chi connectivity index (χ3n) is 6.77. The van der Waals surface area contributed by atoms with Crippen molar-refractivity contribution in [2.24, 2.45) is 0 Å². The number of rotatable bonds is 11. The maximum atomic E-state index is 14.9. The molecule has 1 saturated carbocycles. The lowest BCUT2D eigenvalue weighted by Crippen LogP contribution is -2.53. The third kappa shape index (κ3) is 7.62. The Hall–Kier alpha value is -3.96. The van der Waals surface area contributed by atoms with Gasteiger partial charge in [0, 0.05) is 18.5 Å². The van der Waals surface area contributed by atoms with Crippen molar-refractivity contribution >= 4 is 6.03 Å². The van der Waals surface area contributed by atoms with Crippen LogP contribution in [-0.4, -0.2) is 31.2 Å². The van der Waals surface area contributed by atoms with Gasteiger partial charge in [-0.2, -0.15) is 26.3 Å². The zero-order valence-corrected chi connectivity index (χ0v) is 21.6. The van der Waals surface area contributed by atoms with Gasteiger partial charge < -0.3 is 20.1 Å². The van der Waals surface area contributed by atoms with Crippen LogP contribution < -0.4 is 20.1 Å². The number of nitrogens with one attached hydrogen (secondary N) is 2. The van der Waals surface area contributed by atoms with Crippen LogP contribution in [0.1, 0.15) is 42.4 Å². The molecule has 0 spiro atoms. The van der Waals surface area contributed by atoms with Crippen LogP contribution in [0, 0.1) is 5.82 Å². The Kier molecular flexibility index (Phi) is 9.29. The molecular formula is C29H27F7N2O3. The number of ether oxygens (including phenoxy) is 2. The molecular weight excluding hydrogens is 557 g/mol. The number of carbonyl (C=O) groups is 1. The van der Waals surface area contributed by atoms with Gasteiger partial charge in [-0.25, -0.2) is 9.18 Å². The minimum absolute atomic E-state index is 0.0743. The van der Waals surface area contributed by atoms with Crippen molar-refractivity contribution < 1.29 is 45.0 Å². The Morgan fingerprint density at radius 1 is 0.878 bits per heavy atom. The number of urea groups is 1. The van der Waals surface area contributed by atoms with Gasteiger partial charge in [-0.05, 0) is 53.8 Å². The zero-order valence-electron chi connectivity index (χ0n) is 21.6. The summed E-state index contributed by atoms with van der Waals surface area (Å²) in [6.45, 7) is -3.11. The highest BCUT2D eigenvalue weighted by Crippen LogP contribution is 2.38. The van der Waals surface area contributed by atoms with E-state index in [9.17, 15) is 35.5 Å². The highest BCUT2D eigenvalue weighted by Gasteiger charge is 2.45. The van der Waals surface area contributed by atoms with Crippen molar-refractivity contribution in [2.45, 2.75) is 62.8 Å². The fraction of sp³-hybridized carbons (Fsp3) is 0.345. The molecule has 3 aromatic rings. The molecule has 0 bridgehead atoms. The summed E-state index contributed by atoms with van der Waals surface area (Å²) >= 11 is 0. The molecule has 220 valence electrons. The van der Waals surface area contributed by atoms with Crippen LogP contribution in [0.4, 0.5) is 35.5 Å². The lowest BCUT2D eigenvalue weighted by atomic mass is 9.77.